The van der Waals surface area contributed by atoms with Crippen molar-refractivity contribution >= 4 is 17.7 Å². The van der Waals surface area contributed by atoms with Crippen molar-refractivity contribution in [3.05, 3.63) is 52.6 Å². The summed E-state index contributed by atoms with van der Waals surface area (Å²) in [6.07, 6.45) is 5.10. The van der Waals surface area contributed by atoms with Crippen molar-refractivity contribution in [1.29, 1.82) is 0 Å². The van der Waals surface area contributed by atoms with Crippen LogP contribution in [0.15, 0.2) is 24.5 Å². The zero-order chi connectivity index (χ0) is 21.3. The molecule has 29 heavy (non-hydrogen) atoms. The summed E-state index contributed by atoms with van der Waals surface area (Å²) in [5, 5.41) is 0. The van der Waals surface area contributed by atoms with Gasteiger partial charge >= 0.3 is 5.97 Å². The molecule has 7 heteroatoms. The minimum atomic E-state index is -0.659. The SMILES string of the molecule is COC(=O)c1c(C)c(C(=O)C(C)N(Cc2cccnc2)C(=O)C2CC2)c(C)n1C. The molecule has 0 spiro atoms. The molecule has 1 aliphatic rings. The number of amides is 1. The highest BCUT2D eigenvalue weighted by Crippen LogP contribution is 2.33. The number of pyridine rings is 1. The maximum absolute atomic E-state index is 13.5. The van der Waals surface area contributed by atoms with E-state index in [-0.39, 0.29) is 17.6 Å². The number of hydrogen-bond acceptors (Lipinski definition) is 5. The minimum Gasteiger partial charge on any atom is -0.464 e. The number of nitrogens with zero attached hydrogens (tertiary/aromatic N) is 3. The van der Waals surface area contributed by atoms with Crippen molar-refractivity contribution < 1.29 is 19.1 Å². The fourth-order valence-electron chi connectivity index (χ4n) is 3.74. The molecule has 1 saturated carbocycles. The maximum atomic E-state index is 13.5. The lowest BCUT2D eigenvalue weighted by molar-refractivity contribution is -0.134. The number of Topliss-reactive ketones (excluding diaryl/α,β-unsaturated/α-hetero) is 1. The molecule has 0 aromatic carbocycles. The van der Waals surface area contributed by atoms with Gasteiger partial charge in [-0.1, -0.05) is 6.07 Å². The molecule has 154 valence electrons. The Morgan fingerprint density at radius 3 is 2.55 bits per heavy atom. The van der Waals surface area contributed by atoms with Crippen LogP contribution in [-0.4, -0.2) is 45.3 Å². The van der Waals surface area contributed by atoms with E-state index in [1.807, 2.05) is 12.1 Å². The molecule has 0 radical (unpaired) electrons. The number of carbonyl (C=O) groups is 3. The lowest BCUT2D eigenvalue weighted by Gasteiger charge is -2.29. The van der Waals surface area contributed by atoms with Crippen LogP contribution in [0.3, 0.4) is 0 Å². The van der Waals surface area contributed by atoms with Crippen LogP contribution in [0.5, 0.6) is 0 Å². The van der Waals surface area contributed by atoms with Gasteiger partial charge in [0.25, 0.3) is 0 Å². The summed E-state index contributed by atoms with van der Waals surface area (Å²) in [7, 11) is 3.05. The molecular weight excluding hydrogens is 370 g/mol. The second-order valence-corrected chi connectivity index (χ2v) is 7.63. The summed E-state index contributed by atoms with van der Waals surface area (Å²) < 4.78 is 6.54. The molecule has 0 bridgehead atoms. The third kappa shape index (κ3) is 3.95. The van der Waals surface area contributed by atoms with Crippen molar-refractivity contribution in [2.45, 2.75) is 46.2 Å². The van der Waals surface area contributed by atoms with Gasteiger partial charge in [0, 0.05) is 43.2 Å². The third-order valence-corrected chi connectivity index (χ3v) is 5.69. The van der Waals surface area contributed by atoms with Gasteiger partial charge in [-0.25, -0.2) is 4.79 Å². The van der Waals surface area contributed by atoms with E-state index in [2.05, 4.69) is 4.98 Å². The van der Waals surface area contributed by atoms with Crippen molar-refractivity contribution in [3.63, 3.8) is 0 Å². The number of ketones is 1. The molecule has 1 atom stereocenters. The quantitative estimate of drug-likeness (QED) is 0.530. The molecule has 7 nitrogen and oxygen atoms in total. The summed E-state index contributed by atoms with van der Waals surface area (Å²) in [5.41, 5.74) is 2.96. The number of ether oxygens (including phenoxy) is 1. The van der Waals surface area contributed by atoms with Crippen LogP contribution in [0.2, 0.25) is 0 Å². The largest absolute Gasteiger partial charge is 0.464 e. The molecule has 1 amide bonds. The van der Waals surface area contributed by atoms with Crippen LogP contribution >= 0.6 is 0 Å². The van der Waals surface area contributed by atoms with E-state index in [4.69, 9.17) is 4.74 Å². The predicted octanol–water partition coefficient (Wildman–Crippen LogP) is 2.83. The number of hydrogen-bond donors (Lipinski definition) is 0. The minimum absolute atomic E-state index is 0.00543. The molecule has 3 rings (SSSR count). The van der Waals surface area contributed by atoms with E-state index in [0.29, 0.717) is 29.1 Å². The van der Waals surface area contributed by atoms with Crippen LogP contribution < -0.4 is 0 Å². The lowest BCUT2D eigenvalue weighted by atomic mass is 9.99. The molecule has 2 aromatic rings. The normalized spacial score (nSPS) is 14.4. The van der Waals surface area contributed by atoms with Crippen molar-refractivity contribution in [1.82, 2.24) is 14.5 Å². The fourth-order valence-corrected chi connectivity index (χ4v) is 3.74. The highest BCUT2D eigenvalue weighted by atomic mass is 16.5. The number of aromatic nitrogens is 2. The van der Waals surface area contributed by atoms with Gasteiger partial charge in [0.2, 0.25) is 5.91 Å². The van der Waals surface area contributed by atoms with Crippen LogP contribution in [0.25, 0.3) is 0 Å². The summed E-state index contributed by atoms with van der Waals surface area (Å²) in [6.45, 7) is 5.62. The van der Waals surface area contributed by atoms with Gasteiger partial charge in [0.15, 0.2) is 5.78 Å². The van der Waals surface area contributed by atoms with Gasteiger partial charge in [-0.05, 0) is 50.8 Å². The second kappa shape index (κ2) is 8.19. The third-order valence-electron chi connectivity index (χ3n) is 5.69. The highest BCUT2D eigenvalue weighted by Gasteiger charge is 2.38. The molecule has 1 unspecified atom stereocenters. The van der Waals surface area contributed by atoms with E-state index in [0.717, 1.165) is 18.4 Å². The number of rotatable bonds is 7. The Morgan fingerprint density at radius 1 is 1.31 bits per heavy atom. The van der Waals surface area contributed by atoms with E-state index in [1.165, 1.54) is 7.11 Å². The average Bonchev–Trinajstić information content (AvgIpc) is 3.53. The fraction of sp³-hybridized carbons (Fsp3) is 0.455. The molecule has 0 saturated heterocycles. The van der Waals surface area contributed by atoms with Crippen molar-refractivity contribution in [2.75, 3.05) is 7.11 Å². The summed E-state index contributed by atoms with van der Waals surface area (Å²) in [6, 6.07) is 3.05. The monoisotopic (exact) mass is 397 g/mol. The predicted molar refractivity (Wildman–Crippen MR) is 108 cm³/mol. The number of esters is 1. The van der Waals surface area contributed by atoms with Crippen LogP contribution in [0.4, 0.5) is 0 Å². The summed E-state index contributed by atoms with van der Waals surface area (Å²) in [4.78, 5) is 44.3. The van der Waals surface area contributed by atoms with Gasteiger partial charge in [0.05, 0.1) is 13.2 Å². The zero-order valence-electron chi connectivity index (χ0n) is 17.6. The molecule has 1 aliphatic carbocycles. The topological polar surface area (TPSA) is 81.5 Å². The smallest absolute Gasteiger partial charge is 0.354 e. The molecule has 2 aromatic heterocycles. The van der Waals surface area contributed by atoms with Crippen molar-refractivity contribution in [3.8, 4) is 0 Å². The van der Waals surface area contributed by atoms with E-state index >= 15 is 0 Å². The summed E-state index contributed by atoms with van der Waals surface area (Å²) >= 11 is 0. The Labute approximate surface area is 170 Å². The standard InChI is InChI=1S/C22H27N3O4/c1-13-18(14(2)24(4)19(13)22(28)29-5)20(26)15(3)25(21(27)17-8-9-17)12-16-7-6-10-23-11-16/h6-7,10-11,15,17H,8-9,12H2,1-5H3. The maximum Gasteiger partial charge on any atom is 0.354 e. The van der Waals surface area contributed by atoms with Crippen molar-refractivity contribution in [2.24, 2.45) is 13.0 Å². The van der Waals surface area contributed by atoms with E-state index < -0.39 is 12.0 Å². The Kier molecular flexibility index (Phi) is 5.86. The molecular formula is C22H27N3O4. The first-order chi connectivity index (χ1) is 13.8. The van der Waals surface area contributed by atoms with E-state index in [9.17, 15) is 14.4 Å². The first-order valence-corrected chi connectivity index (χ1v) is 9.75. The summed E-state index contributed by atoms with van der Waals surface area (Å²) in [5.74, 6) is -0.677. The zero-order valence-corrected chi connectivity index (χ0v) is 17.6. The highest BCUT2D eigenvalue weighted by molar-refractivity contribution is 6.06. The van der Waals surface area contributed by atoms with Gasteiger partial charge < -0.3 is 14.2 Å². The lowest BCUT2D eigenvalue weighted by Crippen LogP contribution is -2.44. The Hall–Kier alpha value is -2.96. The molecule has 0 aliphatic heterocycles. The van der Waals surface area contributed by atoms with Gasteiger partial charge in [-0.3, -0.25) is 14.6 Å². The average molecular weight is 397 g/mol. The van der Waals surface area contributed by atoms with E-state index in [1.54, 1.807) is 49.7 Å². The Balaban J connectivity index is 1.95. The van der Waals surface area contributed by atoms with Gasteiger partial charge in [-0.15, -0.1) is 0 Å². The van der Waals surface area contributed by atoms with Gasteiger partial charge in [-0.2, -0.15) is 0 Å². The van der Waals surface area contributed by atoms with Gasteiger partial charge in [0.1, 0.15) is 5.69 Å². The number of methoxy groups -OCH3 is 1. The molecule has 0 N–H and O–H groups in total. The van der Waals surface area contributed by atoms with Crippen LogP contribution in [-0.2, 0) is 23.1 Å². The van der Waals surface area contributed by atoms with Crippen LogP contribution in [0.1, 0.15) is 57.4 Å². The molecule has 2 heterocycles. The Morgan fingerprint density at radius 2 is 2.00 bits per heavy atom. The first kappa shape index (κ1) is 20.8. The number of carbonyl (C=O) groups excluding carboxylic acids is 3. The second-order valence-electron chi connectivity index (χ2n) is 7.63. The first-order valence-electron chi connectivity index (χ1n) is 9.75. The Bertz CT molecular complexity index is 945. The molecule has 1 fully saturated rings. The van der Waals surface area contributed by atoms with Crippen LogP contribution in [0, 0.1) is 19.8 Å².